The Bertz CT molecular complexity index is 969. The Morgan fingerprint density at radius 2 is 1.74 bits per heavy atom. The maximum atomic E-state index is 12.3. The fourth-order valence-electron chi connectivity index (χ4n) is 2.58. The minimum absolute atomic E-state index is 0.0817. The minimum Gasteiger partial charge on any atom is -0.493 e. The van der Waals surface area contributed by atoms with E-state index < -0.39 is 5.97 Å². The van der Waals surface area contributed by atoms with Gasteiger partial charge in [-0.2, -0.15) is 0 Å². The largest absolute Gasteiger partial charge is 0.493 e. The zero-order valence-corrected chi connectivity index (χ0v) is 16.2. The zero-order chi connectivity index (χ0) is 19.6. The van der Waals surface area contributed by atoms with Crippen LogP contribution in [0.3, 0.4) is 0 Å². The second-order valence-corrected chi connectivity index (χ2v) is 6.15. The molecule has 0 bridgehead atoms. The second kappa shape index (κ2) is 7.90. The van der Waals surface area contributed by atoms with Crippen molar-refractivity contribution in [1.29, 1.82) is 0 Å². The van der Waals surface area contributed by atoms with Gasteiger partial charge in [0.15, 0.2) is 17.2 Å². The quantitative estimate of drug-likeness (QED) is 0.543. The van der Waals surface area contributed by atoms with Crippen LogP contribution in [0.5, 0.6) is 17.2 Å². The van der Waals surface area contributed by atoms with Gasteiger partial charge in [0, 0.05) is 5.56 Å². The van der Waals surface area contributed by atoms with E-state index >= 15 is 0 Å². The number of hydrogen-bond acceptors (Lipinski definition) is 6. The monoisotopic (exact) mass is 407 g/mol. The average Bonchev–Trinajstić information content (AvgIpc) is 3.03. The number of esters is 1. The molecule has 0 aromatic heterocycles. The van der Waals surface area contributed by atoms with Crippen LogP contribution in [0, 0.1) is 0 Å². The van der Waals surface area contributed by atoms with Crippen LogP contribution in [0.1, 0.15) is 11.1 Å². The summed E-state index contributed by atoms with van der Waals surface area (Å²) in [5.41, 5.74) is 1.09. The molecule has 0 fully saturated rings. The van der Waals surface area contributed by atoms with Crippen molar-refractivity contribution in [3.05, 3.63) is 57.2 Å². The Hall–Kier alpha value is -2.70. The molecule has 3 rings (SSSR count). The van der Waals surface area contributed by atoms with E-state index in [2.05, 4.69) is 4.99 Å². The Kier molecular flexibility index (Phi) is 5.58. The highest BCUT2D eigenvalue weighted by atomic mass is 35.5. The smallest absolute Gasteiger partial charge is 0.363 e. The lowest BCUT2D eigenvalue weighted by atomic mass is 10.1. The van der Waals surface area contributed by atoms with Crippen molar-refractivity contribution in [1.82, 2.24) is 0 Å². The van der Waals surface area contributed by atoms with Crippen LogP contribution >= 0.6 is 23.2 Å². The predicted octanol–water partition coefficient (Wildman–Crippen LogP) is 4.36. The molecule has 8 heteroatoms. The highest BCUT2D eigenvalue weighted by Gasteiger charge is 2.27. The van der Waals surface area contributed by atoms with Gasteiger partial charge in [-0.25, -0.2) is 9.79 Å². The van der Waals surface area contributed by atoms with Crippen LogP contribution < -0.4 is 14.2 Å². The van der Waals surface area contributed by atoms with Crippen LogP contribution in [-0.2, 0) is 9.53 Å². The third-order valence-corrected chi connectivity index (χ3v) is 4.65. The van der Waals surface area contributed by atoms with Gasteiger partial charge in [-0.05, 0) is 30.3 Å². The molecule has 0 N–H and O–H groups in total. The maximum absolute atomic E-state index is 12.3. The van der Waals surface area contributed by atoms with Crippen molar-refractivity contribution in [3.63, 3.8) is 0 Å². The normalized spacial score (nSPS) is 14.8. The molecule has 140 valence electrons. The number of carbonyl (C=O) groups is 1. The summed E-state index contributed by atoms with van der Waals surface area (Å²) in [7, 11) is 4.51. The predicted molar refractivity (Wildman–Crippen MR) is 103 cm³/mol. The first kappa shape index (κ1) is 19.1. The molecule has 0 unspecified atom stereocenters. The molecule has 0 radical (unpaired) electrons. The van der Waals surface area contributed by atoms with Gasteiger partial charge in [-0.15, -0.1) is 0 Å². The Morgan fingerprint density at radius 3 is 2.41 bits per heavy atom. The van der Waals surface area contributed by atoms with Gasteiger partial charge in [0.25, 0.3) is 0 Å². The number of carbonyl (C=O) groups excluding carboxylic acids is 1. The molecule has 0 atom stereocenters. The van der Waals surface area contributed by atoms with E-state index in [4.69, 9.17) is 42.1 Å². The van der Waals surface area contributed by atoms with Gasteiger partial charge in [0.2, 0.25) is 11.6 Å². The fraction of sp³-hybridized carbons (Fsp3) is 0.158. The number of halogens is 2. The molecule has 0 saturated carbocycles. The molecular formula is C19H15Cl2NO5. The summed E-state index contributed by atoms with van der Waals surface area (Å²) in [5, 5.41) is 0.600. The molecule has 6 nitrogen and oxygen atoms in total. The lowest BCUT2D eigenvalue weighted by Crippen LogP contribution is -2.06. The first-order valence-corrected chi connectivity index (χ1v) is 8.51. The highest BCUT2D eigenvalue weighted by molar-refractivity contribution is 6.44. The molecule has 1 aliphatic heterocycles. The third-order valence-electron chi connectivity index (χ3n) is 3.83. The van der Waals surface area contributed by atoms with E-state index in [1.165, 1.54) is 27.4 Å². The SMILES string of the molecule is COc1ccc(/C=C2/N=C(c3cccc(Cl)c3Cl)OC2=O)c(OC)c1OC. The van der Waals surface area contributed by atoms with Crippen molar-refractivity contribution in [2.75, 3.05) is 21.3 Å². The van der Waals surface area contributed by atoms with Crippen LogP contribution in [-0.4, -0.2) is 33.2 Å². The molecule has 1 heterocycles. The molecule has 0 aliphatic carbocycles. The van der Waals surface area contributed by atoms with Gasteiger partial charge in [0.05, 0.1) is 36.9 Å². The van der Waals surface area contributed by atoms with Crippen molar-refractivity contribution in [2.45, 2.75) is 0 Å². The van der Waals surface area contributed by atoms with Crippen molar-refractivity contribution < 1.29 is 23.7 Å². The second-order valence-electron chi connectivity index (χ2n) is 5.36. The molecular weight excluding hydrogens is 393 g/mol. The van der Waals surface area contributed by atoms with Gasteiger partial charge < -0.3 is 18.9 Å². The number of methoxy groups -OCH3 is 3. The molecule has 2 aromatic carbocycles. The molecule has 0 saturated heterocycles. The van der Waals surface area contributed by atoms with Crippen molar-refractivity contribution in [3.8, 4) is 17.2 Å². The molecule has 2 aromatic rings. The van der Waals surface area contributed by atoms with Gasteiger partial charge >= 0.3 is 5.97 Å². The van der Waals surface area contributed by atoms with E-state index in [1.54, 1.807) is 30.3 Å². The summed E-state index contributed by atoms with van der Waals surface area (Å²) in [6, 6.07) is 8.42. The van der Waals surface area contributed by atoms with Gasteiger partial charge in [-0.3, -0.25) is 0 Å². The van der Waals surface area contributed by atoms with Crippen LogP contribution in [0.15, 0.2) is 41.0 Å². The van der Waals surface area contributed by atoms with Crippen molar-refractivity contribution in [2.24, 2.45) is 4.99 Å². The number of hydrogen-bond donors (Lipinski definition) is 0. The number of cyclic esters (lactones) is 1. The Labute approximate surface area is 165 Å². The standard InChI is InChI=1S/C19H15Cl2NO5/c1-24-14-8-7-10(16(25-2)17(14)26-3)9-13-19(23)27-18(22-13)11-5-4-6-12(20)15(11)21/h4-9H,1-3H3/b13-9+. The Morgan fingerprint density at radius 1 is 1.00 bits per heavy atom. The lowest BCUT2D eigenvalue weighted by molar-refractivity contribution is -0.129. The fourth-order valence-corrected chi connectivity index (χ4v) is 2.96. The maximum Gasteiger partial charge on any atom is 0.363 e. The summed E-state index contributed by atoms with van der Waals surface area (Å²) in [5.74, 6) is 0.779. The minimum atomic E-state index is -0.613. The number of nitrogens with zero attached hydrogens (tertiary/aromatic N) is 1. The summed E-state index contributed by atoms with van der Waals surface area (Å²) in [4.78, 5) is 16.5. The van der Waals surface area contributed by atoms with Crippen LogP contribution in [0.4, 0.5) is 0 Å². The van der Waals surface area contributed by atoms with Crippen LogP contribution in [0.25, 0.3) is 6.08 Å². The molecule has 0 amide bonds. The van der Waals surface area contributed by atoms with E-state index in [9.17, 15) is 4.79 Å². The van der Waals surface area contributed by atoms with Crippen molar-refractivity contribution >= 4 is 41.1 Å². The number of ether oxygens (including phenoxy) is 4. The Balaban J connectivity index is 2.06. The van der Waals surface area contributed by atoms with E-state index in [1.807, 2.05) is 0 Å². The summed E-state index contributed by atoms with van der Waals surface area (Å²) in [6.07, 6.45) is 1.54. The highest BCUT2D eigenvalue weighted by Crippen LogP contribution is 2.41. The zero-order valence-electron chi connectivity index (χ0n) is 14.7. The topological polar surface area (TPSA) is 66.4 Å². The first-order valence-electron chi connectivity index (χ1n) is 7.76. The number of aliphatic imine (C=N–C) groups is 1. The summed E-state index contributed by atoms with van der Waals surface area (Å²) in [6.45, 7) is 0. The third kappa shape index (κ3) is 3.59. The van der Waals surface area contributed by atoms with Gasteiger partial charge in [-0.1, -0.05) is 29.3 Å². The summed E-state index contributed by atoms with van der Waals surface area (Å²) < 4.78 is 21.3. The van der Waals surface area contributed by atoms with E-state index in [-0.39, 0.29) is 16.6 Å². The summed E-state index contributed by atoms with van der Waals surface area (Å²) >= 11 is 12.2. The first-order chi connectivity index (χ1) is 13.0. The van der Waals surface area contributed by atoms with E-state index in [0.717, 1.165) is 0 Å². The number of benzene rings is 2. The van der Waals surface area contributed by atoms with Crippen LogP contribution in [0.2, 0.25) is 10.0 Å². The molecule has 1 aliphatic rings. The van der Waals surface area contributed by atoms with Gasteiger partial charge in [0.1, 0.15) is 0 Å². The van der Waals surface area contributed by atoms with E-state index in [0.29, 0.717) is 33.4 Å². The average molecular weight is 408 g/mol. The number of rotatable bonds is 5. The molecule has 27 heavy (non-hydrogen) atoms. The molecule has 0 spiro atoms. The lowest BCUT2D eigenvalue weighted by Gasteiger charge is -2.14.